The normalized spacial score (nSPS) is 10.8. The number of aryl methyl sites for hydroxylation is 1. The van der Waals surface area contributed by atoms with Crippen LogP contribution in [0.4, 0.5) is 4.39 Å². The maximum Gasteiger partial charge on any atom is 0.194 e. The first-order chi connectivity index (χ1) is 10.1. The minimum atomic E-state index is -0.314. The second-order valence-electron chi connectivity index (χ2n) is 4.95. The molecule has 0 fully saturated rings. The molecule has 0 N–H and O–H groups in total. The Morgan fingerprint density at radius 3 is 2.43 bits per heavy atom. The smallest absolute Gasteiger partial charge is 0.194 e. The molecule has 0 saturated heterocycles. The van der Waals surface area contributed by atoms with Crippen LogP contribution in [-0.4, -0.2) is 5.78 Å². The average Bonchev–Trinajstić information content (AvgIpc) is 2.50. The summed E-state index contributed by atoms with van der Waals surface area (Å²) in [5.74, 6) is -0.424. The molecule has 0 radical (unpaired) electrons. The SMILES string of the molecule is Cc1ccc(Br)c(C(=O)c2ccc(F)c3ccccc23)c1. The van der Waals surface area contributed by atoms with Gasteiger partial charge in [-0.25, -0.2) is 4.39 Å². The van der Waals surface area contributed by atoms with E-state index in [0.717, 1.165) is 10.0 Å². The molecule has 3 aromatic rings. The number of fused-ring (bicyclic) bond motifs is 1. The van der Waals surface area contributed by atoms with Crippen LogP contribution in [0.3, 0.4) is 0 Å². The highest BCUT2D eigenvalue weighted by atomic mass is 79.9. The molecule has 0 saturated carbocycles. The summed E-state index contributed by atoms with van der Waals surface area (Å²) in [7, 11) is 0. The Morgan fingerprint density at radius 1 is 0.952 bits per heavy atom. The van der Waals surface area contributed by atoms with Gasteiger partial charge in [0, 0.05) is 21.0 Å². The van der Waals surface area contributed by atoms with Gasteiger partial charge >= 0.3 is 0 Å². The third-order valence-electron chi connectivity index (χ3n) is 3.48. The molecular weight excluding hydrogens is 331 g/mol. The molecule has 0 aliphatic rings. The fraction of sp³-hybridized carbons (Fsp3) is 0.0556. The van der Waals surface area contributed by atoms with Gasteiger partial charge in [0.2, 0.25) is 0 Å². The lowest BCUT2D eigenvalue weighted by Gasteiger charge is -2.09. The van der Waals surface area contributed by atoms with Crippen LogP contribution in [0.1, 0.15) is 21.5 Å². The molecule has 104 valence electrons. The monoisotopic (exact) mass is 342 g/mol. The molecule has 3 heteroatoms. The highest BCUT2D eigenvalue weighted by molar-refractivity contribution is 9.10. The number of carbonyl (C=O) groups excluding carboxylic acids is 1. The van der Waals surface area contributed by atoms with E-state index in [0.29, 0.717) is 21.9 Å². The third-order valence-corrected chi connectivity index (χ3v) is 4.17. The van der Waals surface area contributed by atoms with Gasteiger partial charge in [0.15, 0.2) is 5.78 Å². The van der Waals surface area contributed by atoms with Gasteiger partial charge in [0.1, 0.15) is 5.82 Å². The topological polar surface area (TPSA) is 17.1 Å². The van der Waals surface area contributed by atoms with Crippen molar-refractivity contribution in [2.24, 2.45) is 0 Å². The molecule has 0 bridgehead atoms. The molecule has 0 aromatic heterocycles. The lowest BCUT2D eigenvalue weighted by atomic mass is 9.96. The molecular formula is C18H12BrFO. The van der Waals surface area contributed by atoms with Crippen LogP contribution in [0.5, 0.6) is 0 Å². The quantitative estimate of drug-likeness (QED) is 0.579. The van der Waals surface area contributed by atoms with Crippen molar-refractivity contribution < 1.29 is 9.18 Å². The molecule has 1 nitrogen and oxygen atoms in total. The van der Waals surface area contributed by atoms with E-state index in [4.69, 9.17) is 0 Å². The molecule has 0 amide bonds. The summed E-state index contributed by atoms with van der Waals surface area (Å²) in [6.07, 6.45) is 0. The first-order valence-electron chi connectivity index (χ1n) is 6.56. The van der Waals surface area contributed by atoms with Crippen molar-refractivity contribution in [3.05, 3.63) is 81.6 Å². The number of rotatable bonds is 2. The standard InChI is InChI=1S/C18H12BrFO/c1-11-6-8-16(19)15(10-11)18(21)14-7-9-17(20)13-5-3-2-4-12(13)14/h2-10H,1H3. The second kappa shape index (κ2) is 5.41. The largest absolute Gasteiger partial charge is 0.289 e. The van der Waals surface area contributed by atoms with Crippen molar-refractivity contribution in [2.75, 3.05) is 0 Å². The molecule has 0 heterocycles. The van der Waals surface area contributed by atoms with Crippen LogP contribution in [0.25, 0.3) is 10.8 Å². The van der Waals surface area contributed by atoms with Crippen LogP contribution in [0.15, 0.2) is 59.1 Å². The van der Waals surface area contributed by atoms with E-state index < -0.39 is 0 Å². The molecule has 0 aliphatic carbocycles. The van der Waals surface area contributed by atoms with E-state index in [2.05, 4.69) is 15.9 Å². The summed E-state index contributed by atoms with van der Waals surface area (Å²) in [4.78, 5) is 12.8. The van der Waals surface area contributed by atoms with Gasteiger partial charge in [0.25, 0.3) is 0 Å². The van der Waals surface area contributed by atoms with Gasteiger partial charge in [-0.15, -0.1) is 0 Å². The predicted octanol–water partition coefficient (Wildman–Crippen LogP) is 5.28. The average molecular weight is 343 g/mol. The summed E-state index contributed by atoms with van der Waals surface area (Å²) in [5.41, 5.74) is 2.11. The number of hydrogen-bond acceptors (Lipinski definition) is 1. The molecule has 0 aliphatic heterocycles. The lowest BCUT2D eigenvalue weighted by molar-refractivity contribution is 0.103. The third kappa shape index (κ3) is 2.49. The number of carbonyl (C=O) groups is 1. The van der Waals surface area contributed by atoms with E-state index in [1.54, 1.807) is 24.3 Å². The van der Waals surface area contributed by atoms with Gasteiger partial charge in [-0.05, 0) is 36.6 Å². The minimum absolute atomic E-state index is 0.109. The van der Waals surface area contributed by atoms with Crippen molar-refractivity contribution in [3.8, 4) is 0 Å². The Morgan fingerprint density at radius 2 is 1.67 bits per heavy atom. The van der Waals surface area contributed by atoms with Gasteiger partial charge in [-0.3, -0.25) is 4.79 Å². The van der Waals surface area contributed by atoms with Crippen LogP contribution >= 0.6 is 15.9 Å². The van der Waals surface area contributed by atoms with Crippen molar-refractivity contribution in [3.63, 3.8) is 0 Å². The number of ketones is 1. The van der Waals surface area contributed by atoms with Gasteiger partial charge in [0.05, 0.1) is 0 Å². The molecule has 0 unspecified atom stereocenters. The minimum Gasteiger partial charge on any atom is -0.289 e. The van der Waals surface area contributed by atoms with Crippen LogP contribution < -0.4 is 0 Å². The van der Waals surface area contributed by atoms with Gasteiger partial charge < -0.3 is 0 Å². The molecule has 3 rings (SSSR count). The lowest BCUT2D eigenvalue weighted by Crippen LogP contribution is -2.04. The van der Waals surface area contributed by atoms with E-state index in [1.807, 2.05) is 31.2 Å². The van der Waals surface area contributed by atoms with Crippen molar-refractivity contribution in [1.82, 2.24) is 0 Å². The Hall–Kier alpha value is -2.00. The summed E-state index contributed by atoms with van der Waals surface area (Å²) in [6.45, 7) is 1.94. The zero-order valence-corrected chi connectivity index (χ0v) is 12.9. The summed E-state index contributed by atoms with van der Waals surface area (Å²) >= 11 is 3.41. The van der Waals surface area contributed by atoms with Crippen LogP contribution in [0.2, 0.25) is 0 Å². The van der Waals surface area contributed by atoms with Crippen molar-refractivity contribution in [2.45, 2.75) is 6.92 Å². The Labute approximate surface area is 130 Å². The molecule has 0 atom stereocenters. The first kappa shape index (κ1) is 14.0. The fourth-order valence-electron chi connectivity index (χ4n) is 2.42. The zero-order chi connectivity index (χ0) is 15.0. The maximum atomic E-state index is 13.9. The molecule has 3 aromatic carbocycles. The first-order valence-corrected chi connectivity index (χ1v) is 7.35. The van der Waals surface area contributed by atoms with Gasteiger partial charge in [-0.2, -0.15) is 0 Å². The van der Waals surface area contributed by atoms with E-state index in [1.165, 1.54) is 6.07 Å². The summed E-state index contributed by atoms with van der Waals surface area (Å²) < 4.78 is 14.6. The van der Waals surface area contributed by atoms with E-state index in [-0.39, 0.29) is 11.6 Å². The van der Waals surface area contributed by atoms with Crippen molar-refractivity contribution >= 4 is 32.5 Å². The van der Waals surface area contributed by atoms with Crippen LogP contribution in [0, 0.1) is 12.7 Å². The van der Waals surface area contributed by atoms with Crippen molar-refractivity contribution in [1.29, 1.82) is 0 Å². The van der Waals surface area contributed by atoms with E-state index >= 15 is 0 Å². The second-order valence-corrected chi connectivity index (χ2v) is 5.81. The number of hydrogen-bond donors (Lipinski definition) is 0. The Bertz CT molecular complexity index is 855. The maximum absolute atomic E-state index is 13.9. The highest BCUT2D eigenvalue weighted by Gasteiger charge is 2.16. The number of halogens is 2. The predicted molar refractivity (Wildman–Crippen MR) is 86.2 cm³/mol. The number of benzene rings is 3. The molecule has 21 heavy (non-hydrogen) atoms. The highest BCUT2D eigenvalue weighted by Crippen LogP contribution is 2.27. The van der Waals surface area contributed by atoms with Gasteiger partial charge in [-0.1, -0.05) is 51.8 Å². The zero-order valence-electron chi connectivity index (χ0n) is 11.4. The Kier molecular flexibility index (Phi) is 3.60. The summed E-state index contributed by atoms with van der Waals surface area (Å²) in [6, 6.07) is 15.6. The molecule has 0 spiro atoms. The van der Waals surface area contributed by atoms with E-state index in [9.17, 15) is 9.18 Å². The Balaban J connectivity index is 2.23. The van der Waals surface area contributed by atoms with Crippen LogP contribution in [-0.2, 0) is 0 Å². The fourth-order valence-corrected chi connectivity index (χ4v) is 2.85. The summed E-state index contributed by atoms with van der Waals surface area (Å²) in [5, 5.41) is 1.10.